The predicted octanol–water partition coefficient (Wildman–Crippen LogP) is 1.90. The Balaban J connectivity index is 2.81. The average molecular weight is 227 g/mol. The highest BCUT2D eigenvalue weighted by Gasteiger charge is 2.13. The second-order valence-electron chi connectivity index (χ2n) is 3.43. The number of nitrogen functional groups attached to an aromatic ring is 1. The van der Waals surface area contributed by atoms with Crippen molar-refractivity contribution in [1.29, 1.82) is 0 Å². The van der Waals surface area contributed by atoms with Crippen LogP contribution in [-0.4, -0.2) is 19.0 Å². The molecule has 0 aliphatic carbocycles. The first kappa shape index (κ1) is 11.8. The molecule has 1 rings (SSSR count). The Bertz CT molecular complexity index is 348. The molecule has 5 heteroatoms. The number of hydrogen-bond acceptors (Lipinski definition) is 4. The summed E-state index contributed by atoms with van der Waals surface area (Å²) in [7, 11) is 1.60. The normalized spacial score (nSPS) is 12.2. The molecular weight excluding hydrogens is 210 g/mol. The van der Waals surface area contributed by atoms with Gasteiger partial charge in [-0.05, 0) is 19.4 Å². The minimum Gasteiger partial charge on any atom is -0.397 e. The van der Waals surface area contributed by atoms with Gasteiger partial charge in [-0.1, -0.05) is 6.92 Å². The van der Waals surface area contributed by atoms with Crippen LogP contribution in [0.2, 0.25) is 0 Å². The van der Waals surface area contributed by atoms with E-state index in [0.717, 1.165) is 11.4 Å². The number of nitrogens with two attached hydrogens (primary N) is 1. The van der Waals surface area contributed by atoms with Gasteiger partial charge in [0.15, 0.2) is 0 Å². The SMILES string of the molecule is CCC(C)Nc1cc(N)c(C(=O)NC)s1. The van der Waals surface area contributed by atoms with Gasteiger partial charge in [0, 0.05) is 13.1 Å². The third kappa shape index (κ3) is 2.86. The van der Waals surface area contributed by atoms with Gasteiger partial charge in [-0.3, -0.25) is 4.79 Å². The van der Waals surface area contributed by atoms with Gasteiger partial charge in [0.25, 0.3) is 5.91 Å². The highest BCUT2D eigenvalue weighted by Crippen LogP contribution is 2.29. The van der Waals surface area contributed by atoms with Gasteiger partial charge in [0.05, 0.1) is 10.7 Å². The van der Waals surface area contributed by atoms with Crippen molar-refractivity contribution in [3.8, 4) is 0 Å². The Kier molecular flexibility index (Phi) is 3.96. The minimum atomic E-state index is -0.130. The molecule has 0 bridgehead atoms. The van der Waals surface area contributed by atoms with Crippen LogP contribution in [0.3, 0.4) is 0 Å². The van der Waals surface area contributed by atoms with Gasteiger partial charge in [0.2, 0.25) is 0 Å². The van der Waals surface area contributed by atoms with E-state index in [4.69, 9.17) is 5.73 Å². The second kappa shape index (κ2) is 5.02. The minimum absolute atomic E-state index is 0.130. The van der Waals surface area contributed by atoms with Crippen LogP contribution in [0, 0.1) is 0 Å². The molecule has 0 aliphatic heterocycles. The van der Waals surface area contributed by atoms with Crippen molar-refractivity contribution in [2.45, 2.75) is 26.3 Å². The first-order valence-electron chi connectivity index (χ1n) is 4.96. The first-order chi connectivity index (χ1) is 7.08. The van der Waals surface area contributed by atoms with Crippen molar-refractivity contribution in [1.82, 2.24) is 5.32 Å². The number of anilines is 2. The zero-order chi connectivity index (χ0) is 11.4. The van der Waals surface area contributed by atoms with E-state index in [1.165, 1.54) is 11.3 Å². The predicted molar refractivity (Wildman–Crippen MR) is 65.5 cm³/mol. The van der Waals surface area contributed by atoms with Crippen LogP contribution >= 0.6 is 11.3 Å². The molecule has 0 aliphatic rings. The summed E-state index contributed by atoms with van der Waals surface area (Å²) in [4.78, 5) is 12.0. The van der Waals surface area contributed by atoms with Crippen LogP contribution in [0.1, 0.15) is 29.9 Å². The second-order valence-corrected chi connectivity index (χ2v) is 4.48. The monoisotopic (exact) mass is 227 g/mol. The maximum absolute atomic E-state index is 11.4. The smallest absolute Gasteiger partial charge is 0.263 e. The van der Waals surface area contributed by atoms with Crippen LogP contribution in [0.4, 0.5) is 10.7 Å². The maximum Gasteiger partial charge on any atom is 0.263 e. The Labute approximate surface area is 93.9 Å². The quantitative estimate of drug-likeness (QED) is 0.736. The van der Waals surface area contributed by atoms with E-state index in [-0.39, 0.29) is 5.91 Å². The molecule has 1 heterocycles. The fraction of sp³-hybridized carbons (Fsp3) is 0.500. The lowest BCUT2D eigenvalue weighted by Crippen LogP contribution is -2.17. The van der Waals surface area contributed by atoms with Gasteiger partial charge in [0.1, 0.15) is 4.88 Å². The number of carbonyl (C=O) groups is 1. The number of carbonyl (C=O) groups excluding carboxylic acids is 1. The van der Waals surface area contributed by atoms with Crippen LogP contribution < -0.4 is 16.4 Å². The molecule has 1 aromatic heterocycles. The number of amides is 1. The van der Waals surface area contributed by atoms with Crippen molar-refractivity contribution in [3.05, 3.63) is 10.9 Å². The Hall–Kier alpha value is -1.23. The van der Waals surface area contributed by atoms with Crippen molar-refractivity contribution < 1.29 is 4.79 Å². The molecule has 1 atom stereocenters. The topological polar surface area (TPSA) is 67.1 Å². The van der Waals surface area contributed by atoms with Crippen LogP contribution in [0.5, 0.6) is 0 Å². The average Bonchev–Trinajstić information content (AvgIpc) is 2.58. The molecule has 4 nitrogen and oxygen atoms in total. The molecule has 0 saturated heterocycles. The molecule has 1 aromatic rings. The molecule has 1 amide bonds. The Morgan fingerprint density at radius 2 is 2.33 bits per heavy atom. The molecule has 0 radical (unpaired) electrons. The van der Waals surface area contributed by atoms with Crippen molar-refractivity contribution in [2.24, 2.45) is 0 Å². The Morgan fingerprint density at radius 3 is 2.87 bits per heavy atom. The van der Waals surface area contributed by atoms with Gasteiger partial charge >= 0.3 is 0 Å². The summed E-state index contributed by atoms with van der Waals surface area (Å²) in [5, 5.41) is 6.80. The van der Waals surface area contributed by atoms with E-state index in [0.29, 0.717) is 16.6 Å². The fourth-order valence-electron chi connectivity index (χ4n) is 1.11. The van der Waals surface area contributed by atoms with Gasteiger partial charge in [-0.15, -0.1) is 11.3 Å². The highest BCUT2D eigenvalue weighted by atomic mass is 32.1. The van der Waals surface area contributed by atoms with Crippen LogP contribution in [0.15, 0.2) is 6.07 Å². The highest BCUT2D eigenvalue weighted by molar-refractivity contribution is 7.18. The van der Waals surface area contributed by atoms with Crippen molar-refractivity contribution in [2.75, 3.05) is 18.1 Å². The zero-order valence-corrected chi connectivity index (χ0v) is 10.1. The molecule has 0 spiro atoms. The lowest BCUT2D eigenvalue weighted by Gasteiger charge is -2.09. The molecule has 0 saturated carbocycles. The summed E-state index contributed by atoms with van der Waals surface area (Å²) >= 11 is 1.39. The standard InChI is InChI=1S/C10H17N3OS/c1-4-6(2)13-8-5-7(11)9(15-8)10(14)12-3/h5-6,13H,4,11H2,1-3H3,(H,12,14). The molecule has 1 unspecified atom stereocenters. The number of rotatable bonds is 4. The van der Waals surface area contributed by atoms with Crippen LogP contribution in [0.25, 0.3) is 0 Å². The van der Waals surface area contributed by atoms with Crippen LogP contribution in [-0.2, 0) is 0 Å². The number of thiophene rings is 1. The first-order valence-corrected chi connectivity index (χ1v) is 5.78. The maximum atomic E-state index is 11.4. The third-order valence-corrected chi connectivity index (χ3v) is 3.28. The zero-order valence-electron chi connectivity index (χ0n) is 9.26. The molecule has 84 valence electrons. The fourth-order valence-corrected chi connectivity index (χ4v) is 2.15. The summed E-state index contributed by atoms with van der Waals surface area (Å²) in [6.07, 6.45) is 1.03. The lowest BCUT2D eigenvalue weighted by atomic mass is 10.3. The number of nitrogens with one attached hydrogen (secondary N) is 2. The van der Waals surface area contributed by atoms with Gasteiger partial charge < -0.3 is 16.4 Å². The summed E-state index contributed by atoms with van der Waals surface area (Å²) in [6.45, 7) is 4.20. The van der Waals surface area contributed by atoms with E-state index < -0.39 is 0 Å². The summed E-state index contributed by atoms with van der Waals surface area (Å²) < 4.78 is 0. The lowest BCUT2D eigenvalue weighted by molar-refractivity contribution is 0.0968. The largest absolute Gasteiger partial charge is 0.397 e. The molecular formula is C10H17N3OS. The molecule has 15 heavy (non-hydrogen) atoms. The summed E-state index contributed by atoms with van der Waals surface area (Å²) in [6, 6.07) is 2.20. The summed E-state index contributed by atoms with van der Waals surface area (Å²) in [5.41, 5.74) is 6.28. The van der Waals surface area contributed by atoms with Crippen molar-refractivity contribution >= 4 is 27.9 Å². The summed E-state index contributed by atoms with van der Waals surface area (Å²) in [5.74, 6) is -0.130. The molecule has 0 fully saturated rings. The van der Waals surface area contributed by atoms with E-state index >= 15 is 0 Å². The molecule has 4 N–H and O–H groups in total. The van der Waals surface area contributed by atoms with Crippen molar-refractivity contribution in [3.63, 3.8) is 0 Å². The Morgan fingerprint density at radius 1 is 1.67 bits per heavy atom. The number of hydrogen-bond donors (Lipinski definition) is 3. The van der Waals surface area contributed by atoms with Gasteiger partial charge in [-0.25, -0.2) is 0 Å². The van der Waals surface area contributed by atoms with Gasteiger partial charge in [-0.2, -0.15) is 0 Å². The molecule has 0 aromatic carbocycles. The van der Waals surface area contributed by atoms with E-state index in [1.54, 1.807) is 13.1 Å². The van der Waals surface area contributed by atoms with E-state index in [2.05, 4.69) is 24.5 Å². The van der Waals surface area contributed by atoms with E-state index in [1.807, 2.05) is 0 Å². The third-order valence-electron chi connectivity index (χ3n) is 2.20. The van der Waals surface area contributed by atoms with E-state index in [9.17, 15) is 4.79 Å².